The van der Waals surface area contributed by atoms with Gasteiger partial charge in [-0.2, -0.15) is 0 Å². The van der Waals surface area contributed by atoms with Gasteiger partial charge in [0, 0.05) is 11.1 Å². The van der Waals surface area contributed by atoms with Gasteiger partial charge in [-0.05, 0) is 35.1 Å². The third-order valence-electron chi connectivity index (χ3n) is 5.55. The lowest BCUT2D eigenvalue weighted by Gasteiger charge is -2.34. The fourth-order valence-electron chi connectivity index (χ4n) is 4.59. The molecule has 1 aliphatic rings. The second-order valence-corrected chi connectivity index (χ2v) is 7.55. The minimum atomic E-state index is -0.573. The van der Waals surface area contributed by atoms with Crippen LogP contribution in [0, 0.1) is 0 Å². The van der Waals surface area contributed by atoms with Gasteiger partial charge in [-0.25, -0.2) is 0 Å². The Morgan fingerprint density at radius 3 is 1.48 bits per heavy atom. The van der Waals surface area contributed by atoms with E-state index in [1.165, 1.54) is 5.56 Å². The van der Waals surface area contributed by atoms with E-state index in [0.717, 1.165) is 23.1 Å². The highest BCUT2D eigenvalue weighted by Gasteiger charge is 2.51. The zero-order valence-corrected chi connectivity index (χ0v) is 14.5. The minimum absolute atomic E-state index is 0.0683. The molecule has 0 fully saturated rings. The lowest BCUT2D eigenvalue weighted by Crippen LogP contribution is -2.29. The highest BCUT2D eigenvalue weighted by atomic mass is 16.3. The number of para-hydroxylation sites is 2. The fraction of sp³-hybridized carbons (Fsp3) is 0.217. The van der Waals surface area contributed by atoms with Crippen LogP contribution >= 0.6 is 0 Å². The van der Waals surface area contributed by atoms with Gasteiger partial charge >= 0.3 is 0 Å². The molecule has 0 atom stereocenters. The molecule has 126 valence electrons. The summed E-state index contributed by atoms with van der Waals surface area (Å²) in [6.07, 6.45) is 0.786. The first-order valence-corrected chi connectivity index (χ1v) is 8.64. The second kappa shape index (κ2) is 5.38. The van der Waals surface area contributed by atoms with E-state index in [2.05, 4.69) is 32.0 Å². The number of phenols is 2. The van der Waals surface area contributed by atoms with Crippen LogP contribution in [0.4, 0.5) is 0 Å². The van der Waals surface area contributed by atoms with Gasteiger partial charge in [-0.15, -0.1) is 0 Å². The summed E-state index contributed by atoms with van der Waals surface area (Å²) in [5.74, 6) is 0.525. The number of hydrogen-bond acceptors (Lipinski definition) is 2. The molecule has 1 aliphatic carbocycles. The van der Waals surface area contributed by atoms with Crippen LogP contribution in [0.25, 0.3) is 0 Å². The van der Waals surface area contributed by atoms with Crippen LogP contribution in [0.5, 0.6) is 11.5 Å². The lowest BCUT2D eigenvalue weighted by molar-refractivity contribution is 0.400. The van der Waals surface area contributed by atoms with Crippen molar-refractivity contribution in [2.45, 2.75) is 31.1 Å². The normalized spacial score (nSPS) is 17.2. The zero-order chi connectivity index (χ0) is 17.7. The second-order valence-electron chi connectivity index (χ2n) is 7.55. The molecule has 2 nitrogen and oxygen atoms in total. The van der Waals surface area contributed by atoms with Gasteiger partial charge in [0.15, 0.2) is 0 Å². The maximum absolute atomic E-state index is 10.7. The molecule has 25 heavy (non-hydrogen) atoms. The Morgan fingerprint density at radius 1 is 0.600 bits per heavy atom. The van der Waals surface area contributed by atoms with Crippen molar-refractivity contribution in [1.82, 2.24) is 0 Å². The number of benzene rings is 3. The van der Waals surface area contributed by atoms with Crippen molar-refractivity contribution in [3.8, 4) is 11.5 Å². The van der Waals surface area contributed by atoms with Gasteiger partial charge < -0.3 is 10.2 Å². The number of rotatable bonds is 2. The Kier molecular flexibility index (Phi) is 3.40. The molecule has 0 heterocycles. The fourth-order valence-corrected chi connectivity index (χ4v) is 4.59. The van der Waals surface area contributed by atoms with E-state index in [4.69, 9.17) is 0 Å². The molecule has 0 spiro atoms. The topological polar surface area (TPSA) is 40.5 Å². The molecule has 2 N–H and O–H groups in total. The quantitative estimate of drug-likeness (QED) is 0.685. The summed E-state index contributed by atoms with van der Waals surface area (Å²) in [4.78, 5) is 0. The first-order valence-electron chi connectivity index (χ1n) is 8.64. The molecule has 0 aliphatic heterocycles. The molecule has 3 aromatic carbocycles. The monoisotopic (exact) mass is 330 g/mol. The molecule has 0 unspecified atom stereocenters. The van der Waals surface area contributed by atoms with Crippen molar-refractivity contribution < 1.29 is 10.2 Å². The SMILES string of the molecule is CC1(C)CC(c2ccccc2O)(c2ccccc2O)c2ccccc21. The summed E-state index contributed by atoms with van der Waals surface area (Å²) < 4.78 is 0. The van der Waals surface area contributed by atoms with Crippen molar-refractivity contribution in [1.29, 1.82) is 0 Å². The van der Waals surface area contributed by atoms with Crippen molar-refractivity contribution in [3.05, 3.63) is 95.1 Å². The average Bonchev–Trinajstić information content (AvgIpc) is 2.85. The van der Waals surface area contributed by atoms with Gasteiger partial charge in [-0.3, -0.25) is 0 Å². The molecule has 0 saturated carbocycles. The zero-order valence-electron chi connectivity index (χ0n) is 14.5. The van der Waals surface area contributed by atoms with Gasteiger partial charge in [0.1, 0.15) is 11.5 Å². The third kappa shape index (κ3) is 2.17. The molecule has 3 aromatic rings. The largest absolute Gasteiger partial charge is 0.508 e. The lowest BCUT2D eigenvalue weighted by atomic mass is 9.68. The van der Waals surface area contributed by atoms with E-state index in [0.29, 0.717) is 0 Å². The molecule has 0 aromatic heterocycles. The number of hydrogen-bond donors (Lipinski definition) is 2. The summed E-state index contributed by atoms with van der Waals surface area (Å²) in [6, 6.07) is 23.4. The molecule has 2 heteroatoms. The Morgan fingerprint density at radius 2 is 1.00 bits per heavy atom. The summed E-state index contributed by atoms with van der Waals surface area (Å²) in [6.45, 7) is 4.46. The standard InChI is InChI=1S/C23H22O2/c1-22(2)15-23(17-10-4-3-9-16(17)22,18-11-5-7-13-20(18)24)19-12-6-8-14-21(19)25/h3-14,24-25H,15H2,1-2H3. The predicted molar refractivity (Wildman–Crippen MR) is 100 cm³/mol. The van der Waals surface area contributed by atoms with Crippen molar-refractivity contribution in [2.24, 2.45) is 0 Å². The molecule has 0 saturated heterocycles. The third-order valence-corrected chi connectivity index (χ3v) is 5.55. The van der Waals surface area contributed by atoms with E-state index in [1.807, 2.05) is 42.5 Å². The summed E-state index contributed by atoms with van der Waals surface area (Å²) in [5, 5.41) is 21.4. The van der Waals surface area contributed by atoms with Gasteiger partial charge in [0.25, 0.3) is 0 Å². The van der Waals surface area contributed by atoms with Gasteiger partial charge in [0.05, 0.1) is 5.41 Å². The van der Waals surface area contributed by atoms with Gasteiger partial charge in [-0.1, -0.05) is 74.5 Å². The predicted octanol–water partition coefficient (Wildman–Crippen LogP) is 5.11. The smallest absolute Gasteiger partial charge is 0.120 e. The Hall–Kier alpha value is -2.74. The molecule has 0 bridgehead atoms. The summed E-state index contributed by atoms with van der Waals surface area (Å²) in [5.41, 5.74) is 3.46. The maximum Gasteiger partial charge on any atom is 0.120 e. The molecule has 0 radical (unpaired) electrons. The Labute approximate surface area is 148 Å². The number of phenolic OH excluding ortho intramolecular Hbond substituents is 2. The van der Waals surface area contributed by atoms with E-state index in [-0.39, 0.29) is 16.9 Å². The number of fused-ring (bicyclic) bond motifs is 1. The van der Waals surface area contributed by atoms with Crippen molar-refractivity contribution in [3.63, 3.8) is 0 Å². The first-order chi connectivity index (χ1) is 12.0. The van der Waals surface area contributed by atoms with Crippen LogP contribution in [0.2, 0.25) is 0 Å². The molecule has 0 amide bonds. The van der Waals surface area contributed by atoms with Crippen LogP contribution < -0.4 is 0 Å². The van der Waals surface area contributed by atoms with E-state index < -0.39 is 5.41 Å². The Bertz CT molecular complexity index is 895. The molecule has 4 rings (SSSR count). The van der Waals surface area contributed by atoms with Crippen LogP contribution in [-0.2, 0) is 10.8 Å². The minimum Gasteiger partial charge on any atom is -0.508 e. The Balaban J connectivity index is 2.14. The summed E-state index contributed by atoms with van der Waals surface area (Å²) >= 11 is 0. The van der Waals surface area contributed by atoms with E-state index >= 15 is 0 Å². The van der Waals surface area contributed by atoms with Gasteiger partial charge in [0.2, 0.25) is 0 Å². The first kappa shape index (κ1) is 15.8. The van der Waals surface area contributed by atoms with Crippen molar-refractivity contribution >= 4 is 0 Å². The molecular weight excluding hydrogens is 308 g/mol. The van der Waals surface area contributed by atoms with Crippen LogP contribution in [-0.4, -0.2) is 10.2 Å². The maximum atomic E-state index is 10.7. The highest BCUT2D eigenvalue weighted by Crippen LogP contribution is 2.58. The van der Waals surface area contributed by atoms with Crippen LogP contribution in [0.1, 0.15) is 42.5 Å². The van der Waals surface area contributed by atoms with Crippen LogP contribution in [0.3, 0.4) is 0 Å². The highest BCUT2D eigenvalue weighted by molar-refractivity contribution is 5.64. The molecular formula is C23H22O2. The van der Waals surface area contributed by atoms with E-state index in [1.54, 1.807) is 12.1 Å². The van der Waals surface area contributed by atoms with E-state index in [9.17, 15) is 10.2 Å². The van der Waals surface area contributed by atoms with Crippen molar-refractivity contribution in [2.75, 3.05) is 0 Å². The van der Waals surface area contributed by atoms with Crippen LogP contribution in [0.15, 0.2) is 72.8 Å². The average molecular weight is 330 g/mol. The number of aromatic hydroxyl groups is 2. The summed E-state index contributed by atoms with van der Waals surface area (Å²) in [7, 11) is 0.